The van der Waals surface area contributed by atoms with Crippen LogP contribution in [0.15, 0.2) is 0 Å². The lowest BCUT2D eigenvalue weighted by molar-refractivity contribution is 0.105. The summed E-state index contributed by atoms with van der Waals surface area (Å²) in [6.07, 6.45) is 1.25. The second kappa shape index (κ2) is 5.65. The number of rotatable bonds is 2. The molecule has 2 rings (SSSR count). The first-order chi connectivity index (χ1) is 8.82. The highest BCUT2D eigenvalue weighted by atomic mass is 32.2. The van der Waals surface area contributed by atoms with Crippen LogP contribution in [0.3, 0.4) is 0 Å². The van der Waals surface area contributed by atoms with Gasteiger partial charge in [0.25, 0.3) is 0 Å². The predicted molar refractivity (Wildman–Crippen MR) is 72.2 cm³/mol. The van der Waals surface area contributed by atoms with Crippen molar-refractivity contribution in [1.29, 1.82) is 0 Å². The maximum Gasteiger partial charge on any atom is 0.156 e. The molecule has 6 nitrogen and oxygen atoms in total. The summed E-state index contributed by atoms with van der Waals surface area (Å²) in [5, 5.41) is 18.2. The Balaban J connectivity index is 2.06. The second-order valence-electron chi connectivity index (χ2n) is 5.92. The molecule has 0 radical (unpaired) electrons. The zero-order valence-electron chi connectivity index (χ0n) is 11.0. The van der Waals surface area contributed by atoms with Crippen molar-refractivity contribution in [2.24, 2.45) is 11.5 Å². The minimum absolute atomic E-state index is 0.317. The number of nitrogens with two attached hydrogens (primary N) is 2. The van der Waals surface area contributed by atoms with Crippen LogP contribution in [0.1, 0.15) is 38.5 Å². The molecule has 2 saturated carbocycles. The van der Waals surface area contributed by atoms with E-state index in [-0.39, 0.29) is 0 Å². The first kappa shape index (κ1) is 15.2. The highest BCUT2D eigenvalue weighted by Crippen LogP contribution is 2.32. The molecule has 0 aromatic heterocycles. The second-order valence-corrected chi connectivity index (χ2v) is 8.43. The minimum Gasteiger partial charge on any atom is -0.392 e. The molecule has 0 heterocycles. The molecule has 6 atom stereocenters. The zero-order chi connectivity index (χ0) is 14.2. The van der Waals surface area contributed by atoms with Crippen molar-refractivity contribution >= 4 is 9.84 Å². The first-order valence-corrected chi connectivity index (χ1v) is 8.53. The van der Waals surface area contributed by atoms with E-state index in [2.05, 4.69) is 0 Å². The summed E-state index contributed by atoms with van der Waals surface area (Å²) < 4.78 is 25.1. The summed E-state index contributed by atoms with van der Waals surface area (Å²) in [4.78, 5) is 0. The van der Waals surface area contributed by atoms with Crippen molar-refractivity contribution in [1.82, 2.24) is 0 Å². The summed E-state index contributed by atoms with van der Waals surface area (Å²) >= 11 is 0. The van der Waals surface area contributed by atoms with Gasteiger partial charge in [-0.05, 0) is 38.5 Å². The quantitative estimate of drug-likeness (QED) is 0.511. The van der Waals surface area contributed by atoms with E-state index in [1.807, 2.05) is 0 Å². The number of aliphatic hydroxyl groups excluding tert-OH is 2. The molecule has 6 unspecified atom stereocenters. The van der Waals surface area contributed by atoms with Gasteiger partial charge in [0, 0.05) is 12.1 Å². The Hall–Kier alpha value is -0.210. The molecule has 0 spiro atoms. The number of hydrogen-bond acceptors (Lipinski definition) is 6. The van der Waals surface area contributed by atoms with E-state index in [9.17, 15) is 18.6 Å². The van der Waals surface area contributed by atoms with E-state index < -0.39 is 44.6 Å². The van der Waals surface area contributed by atoms with E-state index in [0.29, 0.717) is 38.5 Å². The van der Waals surface area contributed by atoms with Crippen LogP contribution in [0.4, 0.5) is 0 Å². The molecule has 0 amide bonds. The van der Waals surface area contributed by atoms with Crippen molar-refractivity contribution in [3.63, 3.8) is 0 Å². The Morgan fingerprint density at radius 1 is 0.789 bits per heavy atom. The molecule has 6 N–H and O–H groups in total. The number of aliphatic hydroxyl groups is 2. The van der Waals surface area contributed by atoms with Crippen molar-refractivity contribution in [2.75, 3.05) is 0 Å². The summed E-state index contributed by atoms with van der Waals surface area (Å²) in [6, 6.07) is -0.923. The molecule has 2 fully saturated rings. The lowest BCUT2D eigenvalue weighted by Crippen LogP contribution is -2.50. The molecule has 112 valence electrons. The average Bonchev–Trinajstić information content (AvgIpc) is 2.35. The Labute approximate surface area is 114 Å². The van der Waals surface area contributed by atoms with E-state index in [1.54, 1.807) is 0 Å². The Kier molecular flexibility index (Phi) is 4.52. The monoisotopic (exact) mass is 292 g/mol. The van der Waals surface area contributed by atoms with Crippen LogP contribution < -0.4 is 11.5 Å². The van der Waals surface area contributed by atoms with Crippen LogP contribution in [0, 0.1) is 0 Å². The maximum atomic E-state index is 12.6. The van der Waals surface area contributed by atoms with Gasteiger partial charge in [-0.1, -0.05) is 0 Å². The summed E-state index contributed by atoms with van der Waals surface area (Å²) in [5.41, 5.74) is 11.5. The van der Waals surface area contributed by atoms with Gasteiger partial charge in [-0.3, -0.25) is 0 Å². The molecule has 0 saturated heterocycles. The number of hydrogen-bond donors (Lipinski definition) is 4. The number of sulfone groups is 1. The van der Waals surface area contributed by atoms with Crippen molar-refractivity contribution < 1.29 is 18.6 Å². The van der Waals surface area contributed by atoms with Crippen LogP contribution >= 0.6 is 0 Å². The van der Waals surface area contributed by atoms with Crippen LogP contribution in [-0.2, 0) is 9.84 Å². The molecular formula is C12H24N2O4S. The van der Waals surface area contributed by atoms with E-state index in [0.717, 1.165) is 0 Å². The van der Waals surface area contributed by atoms with Gasteiger partial charge in [0.05, 0.1) is 22.7 Å². The van der Waals surface area contributed by atoms with Gasteiger partial charge in [-0.2, -0.15) is 0 Å². The third-order valence-corrected chi connectivity index (χ3v) is 7.27. The molecule has 0 aromatic rings. The van der Waals surface area contributed by atoms with Gasteiger partial charge in [0.2, 0.25) is 0 Å². The van der Waals surface area contributed by atoms with Gasteiger partial charge < -0.3 is 21.7 Å². The third kappa shape index (κ3) is 3.11. The molecule has 2 aliphatic rings. The lowest BCUT2D eigenvalue weighted by atomic mass is 9.92. The summed E-state index contributed by atoms with van der Waals surface area (Å²) in [6.45, 7) is 0. The molecule has 2 aliphatic carbocycles. The smallest absolute Gasteiger partial charge is 0.156 e. The molecule has 0 bridgehead atoms. The van der Waals surface area contributed by atoms with Gasteiger partial charge in [0.15, 0.2) is 9.84 Å². The first-order valence-electron chi connectivity index (χ1n) is 6.92. The van der Waals surface area contributed by atoms with Crippen molar-refractivity contribution in [3.8, 4) is 0 Å². The minimum atomic E-state index is -3.28. The highest BCUT2D eigenvalue weighted by Gasteiger charge is 2.41. The zero-order valence-corrected chi connectivity index (χ0v) is 11.8. The van der Waals surface area contributed by atoms with Gasteiger partial charge >= 0.3 is 0 Å². The fraction of sp³-hybridized carbons (Fsp3) is 1.00. The van der Waals surface area contributed by atoms with E-state index >= 15 is 0 Å². The standard InChI is InChI=1S/C12H24N2O4S/c13-9-5-7(1-3-11(9)15)19(17,18)8-2-4-12(16)10(14)6-8/h7-12,15-16H,1-6,13-14H2. The fourth-order valence-electron chi connectivity index (χ4n) is 3.17. The highest BCUT2D eigenvalue weighted by molar-refractivity contribution is 7.92. The summed E-state index contributed by atoms with van der Waals surface area (Å²) in [5.74, 6) is 0. The molecule has 7 heteroatoms. The maximum absolute atomic E-state index is 12.6. The Morgan fingerprint density at radius 2 is 1.16 bits per heavy atom. The van der Waals surface area contributed by atoms with Crippen LogP contribution in [0.5, 0.6) is 0 Å². The topological polar surface area (TPSA) is 127 Å². The third-order valence-electron chi connectivity index (χ3n) is 4.56. The van der Waals surface area contributed by atoms with Gasteiger partial charge in [-0.25, -0.2) is 8.42 Å². The predicted octanol–water partition coefficient (Wildman–Crippen LogP) is -1.12. The average molecular weight is 292 g/mol. The van der Waals surface area contributed by atoms with Crippen molar-refractivity contribution in [2.45, 2.75) is 73.3 Å². The normalized spacial score (nSPS) is 45.1. The van der Waals surface area contributed by atoms with Crippen LogP contribution in [-0.4, -0.2) is 53.4 Å². The Bertz CT molecular complexity index is 382. The molecular weight excluding hydrogens is 268 g/mol. The molecule has 0 aromatic carbocycles. The summed E-state index contributed by atoms with van der Waals surface area (Å²) in [7, 11) is -3.28. The van der Waals surface area contributed by atoms with E-state index in [1.165, 1.54) is 0 Å². The largest absolute Gasteiger partial charge is 0.392 e. The van der Waals surface area contributed by atoms with Gasteiger partial charge in [-0.15, -0.1) is 0 Å². The van der Waals surface area contributed by atoms with Crippen molar-refractivity contribution in [3.05, 3.63) is 0 Å². The SMILES string of the molecule is NC1CC(S(=O)(=O)C2CCC(O)C(N)C2)CCC1O. The van der Waals surface area contributed by atoms with E-state index in [4.69, 9.17) is 11.5 Å². The Morgan fingerprint density at radius 3 is 1.47 bits per heavy atom. The fourth-order valence-corrected chi connectivity index (χ4v) is 5.62. The molecule has 19 heavy (non-hydrogen) atoms. The van der Waals surface area contributed by atoms with Gasteiger partial charge in [0.1, 0.15) is 0 Å². The lowest BCUT2D eigenvalue weighted by Gasteiger charge is -2.36. The molecule has 0 aliphatic heterocycles. The van der Waals surface area contributed by atoms with Crippen LogP contribution in [0.2, 0.25) is 0 Å². The van der Waals surface area contributed by atoms with Crippen LogP contribution in [0.25, 0.3) is 0 Å².